The van der Waals surface area contributed by atoms with Crippen LogP contribution in [0.4, 0.5) is 24.5 Å². The standard InChI is InChI=1S/C19H21F3N2O2S/c1-14-10-12-24(13-11-14)16-8-6-15(7-9-16)23-27(25,26)18-5-3-2-4-17(18)19(20,21)22/h2-9,14,23H,10-13H2,1H3. The molecule has 1 aliphatic rings. The van der Waals surface area contributed by atoms with E-state index in [2.05, 4.69) is 16.5 Å². The maximum absolute atomic E-state index is 13.1. The molecule has 8 heteroatoms. The first-order chi connectivity index (χ1) is 12.7. The molecule has 27 heavy (non-hydrogen) atoms. The lowest BCUT2D eigenvalue weighted by Gasteiger charge is -2.32. The molecular weight excluding hydrogens is 377 g/mol. The van der Waals surface area contributed by atoms with Gasteiger partial charge in [0.1, 0.15) is 0 Å². The third kappa shape index (κ3) is 4.55. The summed E-state index contributed by atoms with van der Waals surface area (Å²) in [5.41, 5.74) is 0.0122. The Hall–Kier alpha value is -2.22. The summed E-state index contributed by atoms with van der Waals surface area (Å²) in [4.78, 5) is 1.43. The fourth-order valence-electron chi connectivity index (χ4n) is 3.15. The number of hydrogen-bond acceptors (Lipinski definition) is 3. The van der Waals surface area contributed by atoms with Crippen LogP contribution in [-0.2, 0) is 16.2 Å². The summed E-state index contributed by atoms with van der Waals surface area (Å²) in [6.45, 7) is 4.09. The highest BCUT2D eigenvalue weighted by Gasteiger charge is 2.36. The van der Waals surface area contributed by atoms with Gasteiger partial charge in [0.2, 0.25) is 0 Å². The number of halogens is 3. The van der Waals surface area contributed by atoms with Gasteiger partial charge in [0.25, 0.3) is 10.0 Å². The van der Waals surface area contributed by atoms with Crippen molar-refractivity contribution >= 4 is 21.4 Å². The van der Waals surface area contributed by atoms with E-state index in [1.54, 1.807) is 24.3 Å². The minimum atomic E-state index is -4.75. The van der Waals surface area contributed by atoms with Gasteiger partial charge in [-0.25, -0.2) is 8.42 Å². The lowest BCUT2D eigenvalue weighted by molar-refractivity contribution is -0.139. The summed E-state index contributed by atoms with van der Waals surface area (Å²) < 4.78 is 66.5. The lowest BCUT2D eigenvalue weighted by atomic mass is 9.99. The molecule has 4 nitrogen and oxygen atoms in total. The van der Waals surface area contributed by atoms with E-state index in [0.29, 0.717) is 5.92 Å². The molecule has 1 N–H and O–H groups in total. The molecule has 0 unspecified atom stereocenters. The Labute approximate surface area is 157 Å². The first-order valence-corrected chi connectivity index (χ1v) is 10.2. The van der Waals surface area contributed by atoms with E-state index in [4.69, 9.17) is 0 Å². The highest BCUT2D eigenvalue weighted by atomic mass is 32.2. The summed E-state index contributed by atoms with van der Waals surface area (Å²) in [5, 5.41) is 0. The predicted molar refractivity (Wildman–Crippen MR) is 99.3 cm³/mol. The van der Waals surface area contributed by atoms with Crippen LogP contribution in [0.2, 0.25) is 0 Å². The van der Waals surface area contributed by atoms with Gasteiger partial charge in [-0.1, -0.05) is 19.1 Å². The minimum Gasteiger partial charge on any atom is -0.372 e. The number of benzene rings is 2. The van der Waals surface area contributed by atoms with Gasteiger partial charge in [-0.05, 0) is 55.2 Å². The average molecular weight is 398 g/mol. The molecule has 2 aromatic rings. The van der Waals surface area contributed by atoms with E-state index >= 15 is 0 Å². The third-order valence-corrected chi connectivity index (χ3v) is 6.19. The summed E-state index contributed by atoms with van der Waals surface area (Å²) in [7, 11) is -4.36. The van der Waals surface area contributed by atoms with Crippen molar-refractivity contribution in [1.82, 2.24) is 0 Å². The number of alkyl halides is 3. The fourth-order valence-corrected chi connectivity index (χ4v) is 4.44. The molecule has 1 heterocycles. The van der Waals surface area contributed by atoms with Crippen molar-refractivity contribution in [2.75, 3.05) is 22.7 Å². The Morgan fingerprint density at radius 1 is 1.00 bits per heavy atom. The van der Waals surface area contributed by atoms with Crippen LogP contribution < -0.4 is 9.62 Å². The predicted octanol–water partition coefficient (Wildman–Crippen LogP) is 4.74. The van der Waals surface area contributed by atoms with Gasteiger partial charge in [0, 0.05) is 24.5 Å². The number of rotatable bonds is 4. The highest BCUT2D eigenvalue weighted by Crippen LogP contribution is 2.34. The molecule has 1 saturated heterocycles. The van der Waals surface area contributed by atoms with Crippen LogP contribution in [0.25, 0.3) is 0 Å². The van der Waals surface area contributed by atoms with Crippen LogP contribution in [0.15, 0.2) is 53.4 Å². The fraction of sp³-hybridized carbons (Fsp3) is 0.368. The number of hydrogen-bond donors (Lipinski definition) is 1. The molecule has 0 bridgehead atoms. The molecule has 1 fully saturated rings. The molecule has 0 radical (unpaired) electrons. The largest absolute Gasteiger partial charge is 0.417 e. The highest BCUT2D eigenvalue weighted by molar-refractivity contribution is 7.92. The number of sulfonamides is 1. The second kappa shape index (κ2) is 7.42. The SMILES string of the molecule is CC1CCN(c2ccc(NS(=O)(=O)c3ccccc3C(F)(F)F)cc2)CC1. The topological polar surface area (TPSA) is 49.4 Å². The molecule has 0 atom stereocenters. The number of nitrogens with one attached hydrogen (secondary N) is 1. The summed E-state index contributed by atoms with van der Waals surface area (Å²) in [5.74, 6) is 0.695. The first-order valence-electron chi connectivity index (χ1n) is 8.71. The van der Waals surface area contributed by atoms with Crippen molar-refractivity contribution < 1.29 is 21.6 Å². The molecule has 146 valence electrons. The van der Waals surface area contributed by atoms with Gasteiger partial charge < -0.3 is 4.90 Å². The van der Waals surface area contributed by atoms with E-state index in [1.165, 1.54) is 6.07 Å². The van der Waals surface area contributed by atoms with Gasteiger partial charge >= 0.3 is 6.18 Å². The lowest BCUT2D eigenvalue weighted by Crippen LogP contribution is -2.32. The minimum absolute atomic E-state index is 0.223. The monoisotopic (exact) mass is 398 g/mol. The molecular formula is C19H21F3N2O2S. The number of nitrogens with zero attached hydrogens (tertiary/aromatic N) is 1. The van der Waals surface area contributed by atoms with Crippen LogP contribution in [-0.4, -0.2) is 21.5 Å². The van der Waals surface area contributed by atoms with Gasteiger partial charge in [-0.2, -0.15) is 13.2 Å². The van der Waals surface area contributed by atoms with E-state index in [-0.39, 0.29) is 5.69 Å². The molecule has 0 amide bonds. The smallest absolute Gasteiger partial charge is 0.372 e. The Bertz CT molecular complexity index is 888. The summed E-state index contributed by atoms with van der Waals surface area (Å²) >= 11 is 0. The summed E-state index contributed by atoms with van der Waals surface area (Å²) in [6.07, 6.45) is -2.55. The quantitative estimate of drug-likeness (QED) is 0.809. The second-order valence-electron chi connectivity index (χ2n) is 6.82. The molecule has 0 aromatic heterocycles. The Balaban J connectivity index is 1.79. The zero-order valence-electron chi connectivity index (χ0n) is 14.8. The van der Waals surface area contributed by atoms with Crippen molar-refractivity contribution in [2.45, 2.75) is 30.8 Å². The maximum atomic E-state index is 13.1. The molecule has 3 rings (SSSR count). The van der Waals surface area contributed by atoms with Crippen molar-refractivity contribution in [3.05, 3.63) is 54.1 Å². The Morgan fingerprint density at radius 3 is 2.19 bits per heavy atom. The van der Waals surface area contributed by atoms with Crippen LogP contribution >= 0.6 is 0 Å². The zero-order chi connectivity index (χ0) is 19.7. The molecule has 0 aliphatic carbocycles. The van der Waals surface area contributed by atoms with Gasteiger partial charge in [0.05, 0.1) is 10.5 Å². The van der Waals surface area contributed by atoms with E-state index in [0.717, 1.165) is 49.8 Å². The molecule has 0 saturated carbocycles. The van der Waals surface area contributed by atoms with Crippen molar-refractivity contribution in [3.8, 4) is 0 Å². The molecule has 0 spiro atoms. The van der Waals surface area contributed by atoms with Crippen LogP contribution in [0, 0.1) is 5.92 Å². The Kier molecular flexibility index (Phi) is 5.37. The average Bonchev–Trinajstić information content (AvgIpc) is 2.62. The van der Waals surface area contributed by atoms with Gasteiger partial charge in [-0.15, -0.1) is 0 Å². The second-order valence-corrected chi connectivity index (χ2v) is 8.47. The Morgan fingerprint density at radius 2 is 1.59 bits per heavy atom. The first kappa shape index (κ1) is 19.5. The van der Waals surface area contributed by atoms with E-state index in [9.17, 15) is 21.6 Å². The van der Waals surface area contributed by atoms with E-state index < -0.39 is 26.7 Å². The zero-order valence-corrected chi connectivity index (χ0v) is 15.6. The van der Waals surface area contributed by atoms with Crippen molar-refractivity contribution in [3.63, 3.8) is 0 Å². The van der Waals surface area contributed by atoms with Crippen molar-refractivity contribution in [1.29, 1.82) is 0 Å². The van der Waals surface area contributed by atoms with E-state index in [1.807, 2.05) is 0 Å². The van der Waals surface area contributed by atoms with Crippen LogP contribution in [0.5, 0.6) is 0 Å². The summed E-state index contributed by atoms with van der Waals surface area (Å²) in [6, 6.07) is 10.8. The number of piperidine rings is 1. The third-order valence-electron chi connectivity index (χ3n) is 4.75. The maximum Gasteiger partial charge on any atom is 0.417 e. The van der Waals surface area contributed by atoms with Crippen LogP contribution in [0.1, 0.15) is 25.3 Å². The van der Waals surface area contributed by atoms with Crippen LogP contribution in [0.3, 0.4) is 0 Å². The number of anilines is 2. The van der Waals surface area contributed by atoms with Gasteiger partial charge in [0.15, 0.2) is 0 Å². The normalized spacial score (nSPS) is 16.4. The molecule has 1 aliphatic heterocycles. The van der Waals surface area contributed by atoms with Crippen molar-refractivity contribution in [2.24, 2.45) is 5.92 Å². The van der Waals surface area contributed by atoms with Gasteiger partial charge in [-0.3, -0.25) is 4.72 Å². The molecule has 2 aromatic carbocycles.